The van der Waals surface area contributed by atoms with Crippen molar-refractivity contribution in [2.75, 3.05) is 26.2 Å². The third-order valence-corrected chi connectivity index (χ3v) is 7.18. The second-order valence-electron chi connectivity index (χ2n) is 8.45. The smallest absolute Gasteiger partial charge is 0.0690 e. The summed E-state index contributed by atoms with van der Waals surface area (Å²) in [5.41, 5.74) is 7.05. The summed E-state index contributed by atoms with van der Waals surface area (Å²) < 4.78 is 6.03. The molecule has 4 rings (SSSR count). The van der Waals surface area contributed by atoms with E-state index in [-0.39, 0.29) is 11.0 Å². The molecule has 5 atom stereocenters. The van der Waals surface area contributed by atoms with Crippen molar-refractivity contribution in [3.63, 3.8) is 0 Å². The average molecular weight is 278 g/mol. The molecule has 20 heavy (non-hydrogen) atoms. The first-order chi connectivity index (χ1) is 9.52. The van der Waals surface area contributed by atoms with Gasteiger partial charge in [0.1, 0.15) is 0 Å². The Morgan fingerprint density at radius 2 is 1.80 bits per heavy atom. The second-order valence-corrected chi connectivity index (χ2v) is 8.45. The number of hydrogen-bond donors (Lipinski definition) is 1. The molecule has 2 N–H and O–H groups in total. The minimum Gasteiger partial charge on any atom is -0.377 e. The lowest BCUT2D eigenvalue weighted by Gasteiger charge is -2.67. The van der Waals surface area contributed by atoms with Crippen molar-refractivity contribution in [3.8, 4) is 0 Å². The van der Waals surface area contributed by atoms with Crippen LogP contribution in [0.25, 0.3) is 0 Å². The van der Waals surface area contributed by atoms with Gasteiger partial charge in [-0.15, -0.1) is 0 Å². The van der Waals surface area contributed by atoms with Gasteiger partial charge in [-0.05, 0) is 37.5 Å². The molecule has 0 radical (unpaired) electrons. The first kappa shape index (κ1) is 13.5. The first-order valence-electron chi connectivity index (χ1n) is 8.65. The minimum atomic E-state index is -0.0310. The van der Waals surface area contributed by atoms with E-state index in [1.807, 2.05) is 0 Å². The molecule has 114 valence electrons. The molecule has 2 saturated heterocycles. The molecule has 2 aliphatic heterocycles. The van der Waals surface area contributed by atoms with Crippen LogP contribution in [-0.2, 0) is 4.74 Å². The molecule has 0 aromatic heterocycles. The largest absolute Gasteiger partial charge is 0.377 e. The van der Waals surface area contributed by atoms with Crippen LogP contribution in [0.2, 0.25) is 0 Å². The highest BCUT2D eigenvalue weighted by atomic mass is 16.5. The van der Waals surface area contributed by atoms with E-state index >= 15 is 0 Å². The zero-order chi connectivity index (χ0) is 14.0. The Balaban J connectivity index is 1.47. The van der Waals surface area contributed by atoms with Crippen LogP contribution in [-0.4, -0.2) is 42.8 Å². The number of nitrogens with zero attached hydrogens (tertiary/aromatic N) is 1. The number of hydrogen-bond acceptors (Lipinski definition) is 3. The summed E-state index contributed by atoms with van der Waals surface area (Å²) in [7, 11) is 0. The topological polar surface area (TPSA) is 38.5 Å². The predicted octanol–water partition coefficient (Wildman–Crippen LogP) is 2.25. The Labute approximate surface area is 123 Å². The van der Waals surface area contributed by atoms with Crippen LogP contribution in [0.3, 0.4) is 0 Å². The van der Waals surface area contributed by atoms with Crippen LogP contribution in [0.15, 0.2) is 0 Å². The first-order valence-corrected chi connectivity index (χ1v) is 8.65. The van der Waals surface area contributed by atoms with E-state index in [1.54, 1.807) is 0 Å². The van der Waals surface area contributed by atoms with Crippen molar-refractivity contribution < 1.29 is 4.74 Å². The number of fused-ring (bicyclic) bond motifs is 2. The van der Waals surface area contributed by atoms with Gasteiger partial charge in [-0.2, -0.15) is 0 Å². The number of rotatable bonds is 2. The van der Waals surface area contributed by atoms with E-state index in [2.05, 4.69) is 18.7 Å². The van der Waals surface area contributed by atoms with Crippen LogP contribution in [0.4, 0.5) is 0 Å². The van der Waals surface area contributed by atoms with Crippen molar-refractivity contribution in [2.24, 2.45) is 28.9 Å². The highest BCUT2D eigenvalue weighted by Crippen LogP contribution is 2.58. The van der Waals surface area contributed by atoms with E-state index in [9.17, 15) is 0 Å². The quantitative estimate of drug-likeness (QED) is 0.842. The zero-order valence-electron chi connectivity index (χ0n) is 13.1. The van der Waals surface area contributed by atoms with Crippen LogP contribution in [0, 0.1) is 23.2 Å². The zero-order valence-corrected chi connectivity index (χ0v) is 13.1. The maximum Gasteiger partial charge on any atom is 0.0690 e. The van der Waals surface area contributed by atoms with Gasteiger partial charge in [0.25, 0.3) is 0 Å². The molecule has 4 fully saturated rings. The molecule has 2 saturated carbocycles. The molecule has 3 nitrogen and oxygen atoms in total. The van der Waals surface area contributed by atoms with Gasteiger partial charge in [-0.3, -0.25) is 0 Å². The van der Waals surface area contributed by atoms with Crippen molar-refractivity contribution in [1.82, 2.24) is 4.90 Å². The summed E-state index contributed by atoms with van der Waals surface area (Å²) in [5, 5.41) is 0. The molecule has 0 amide bonds. The summed E-state index contributed by atoms with van der Waals surface area (Å²) in [4.78, 5) is 2.68. The molecule has 0 aromatic carbocycles. The van der Waals surface area contributed by atoms with E-state index in [1.165, 1.54) is 45.2 Å². The van der Waals surface area contributed by atoms with Gasteiger partial charge in [0.2, 0.25) is 0 Å². The summed E-state index contributed by atoms with van der Waals surface area (Å²) in [5.74, 6) is 2.53. The molecular weight excluding hydrogens is 248 g/mol. The fourth-order valence-corrected chi connectivity index (χ4v) is 5.82. The van der Waals surface area contributed by atoms with Crippen molar-refractivity contribution >= 4 is 0 Å². The van der Waals surface area contributed by atoms with E-state index in [0.29, 0.717) is 12.0 Å². The lowest BCUT2D eigenvalue weighted by molar-refractivity contribution is -0.231. The van der Waals surface area contributed by atoms with Gasteiger partial charge in [-0.1, -0.05) is 20.3 Å². The van der Waals surface area contributed by atoms with E-state index < -0.39 is 0 Å². The van der Waals surface area contributed by atoms with Crippen molar-refractivity contribution in [3.05, 3.63) is 0 Å². The SMILES string of the molecule is CC1(C)C2OCCCC2C1(N)CN1CC2CCCC2C1. The fourth-order valence-electron chi connectivity index (χ4n) is 5.82. The molecule has 4 aliphatic rings. The third-order valence-electron chi connectivity index (χ3n) is 7.18. The number of ether oxygens (including phenoxy) is 1. The maximum absolute atomic E-state index is 6.94. The highest BCUT2D eigenvalue weighted by molar-refractivity contribution is 5.21. The molecule has 0 bridgehead atoms. The Morgan fingerprint density at radius 1 is 1.10 bits per heavy atom. The van der Waals surface area contributed by atoms with Crippen molar-refractivity contribution in [1.29, 1.82) is 0 Å². The molecule has 0 spiro atoms. The summed E-state index contributed by atoms with van der Waals surface area (Å²) in [6, 6.07) is 0. The van der Waals surface area contributed by atoms with E-state index in [4.69, 9.17) is 10.5 Å². The third kappa shape index (κ3) is 1.69. The van der Waals surface area contributed by atoms with Gasteiger partial charge in [0.15, 0.2) is 0 Å². The summed E-state index contributed by atoms with van der Waals surface area (Å²) in [6.07, 6.45) is 7.24. The monoisotopic (exact) mass is 278 g/mol. The molecule has 2 heterocycles. The minimum absolute atomic E-state index is 0.0310. The highest BCUT2D eigenvalue weighted by Gasteiger charge is 2.66. The Kier molecular flexibility index (Phi) is 3.00. The molecule has 2 aliphatic carbocycles. The van der Waals surface area contributed by atoms with Crippen LogP contribution < -0.4 is 5.73 Å². The standard InChI is InChI=1S/C17H30N2O/c1-16(2)15-14(7-4-8-20-15)17(16,18)11-19-9-12-5-3-6-13(12)10-19/h12-15H,3-11,18H2,1-2H3. The van der Waals surface area contributed by atoms with Crippen molar-refractivity contribution in [2.45, 2.75) is 57.6 Å². The van der Waals surface area contributed by atoms with Gasteiger partial charge >= 0.3 is 0 Å². The summed E-state index contributed by atoms with van der Waals surface area (Å²) in [6.45, 7) is 9.30. The normalized spacial score (nSPS) is 50.5. The van der Waals surface area contributed by atoms with Crippen LogP contribution in [0.1, 0.15) is 46.0 Å². The second kappa shape index (κ2) is 4.44. The number of nitrogens with two attached hydrogens (primary N) is 1. The Hall–Kier alpha value is -0.120. The fraction of sp³-hybridized carbons (Fsp3) is 1.00. The molecule has 5 unspecified atom stereocenters. The average Bonchev–Trinajstić information content (AvgIpc) is 2.99. The predicted molar refractivity (Wildman–Crippen MR) is 80.4 cm³/mol. The van der Waals surface area contributed by atoms with Crippen LogP contribution >= 0.6 is 0 Å². The Morgan fingerprint density at radius 3 is 2.50 bits per heavy atom. The van der Waals surface area contributed by atoms with Gasteiger partial charge in [0, 0.05) is 43.1 Å². The molecule has 3 heteroatoms. The van der Waals surface area contributed by atoms with Gasteiger partial charge < -0.3 is 15.4 Å². The number of likely N-dealkylation sites (tertiary alicyclic amines) is 1. The van der Waals surface area contributed by atoms with E-state index in [0.717, 1.165) is 25.0 Å². The lowest BCUT2D eigenvalue weighted by atomic mass is 9.46. The molecular formula is C17H30N2O. The lowest BCUT2D eigenvalue weighted by Crippen LogP contribution is -2.80. The maximum atomic E-state index is 6.94. The van der Waals surface area contributed by atoms with Gasteiger partial charge in [0.05, 0.1) is 6.10 Å². The van der Waals surface area contributed by atoms with Gasteiger partial charge in [-0.25, -0.2) is 0 Å². The van der Waals surface area contributed by atoms with Crippen LogP contribution in [0.5, 0.6) is 0 Å². The molecule has 0 aromatic rings. The summed E-state index contributed by atoms with van der Waals surface area (Å²) >= 11 is 0. The Bertz CT molecular complexity index is 384.